The highest BCUT2D eigenvalue weighted by atomic mass is 16.5. The van der Waals surface area contributed by atoms with E-state index in [1.165, 1.54) is 0 Å². The molecule has 22 heavy (non-hydrogen) atoms. The minimum absolute atomic E-state index is 0.0414. The summed E-state index contributed by atoms with van der Waals surface area (Å²) in [6.45, 7) is 6.12. The van der Waals surface area contributed by atoms with Gasteiger partial charge in [0.15, 0.2) is 0 Å². The molecule has 0 aliphatic carbocycles. The van der Waals surface area contributed by atoms with Crippen LogP contribution in [0.3, 0.4) is 0 Å². The fourth-order valence-electron chi connectivity index (χ4n) is 3.60. The summed E-state index contributed by atoms with van der Waals surface area (Å²) in [5.41, 5.74) is 0.842. The predicted molar refractivity (Wildman–Crippen MR) is 86.9 cm³/mol. The molecule has 4 nitrogen and oxygen atoms in total. The van der Waals surface area contributed by atoms with E-state index in [0.29, 0.717) is 0 Å². The standard InChI is InChI=1S/C18H26N2O2/c1-18(2)11-15(14-8-4-5-9-16(14)22-18)19-17(21)13-7-6-10-20(3)12-13/h4-5,8-9,13,15H,6-7,10-12H2,1-3H3,(H,19,21)/t13-,15-/m1/s1. The zero-order valence-electron chi connectivity index (χ0n) is 13.8. The van der Waals surface area contributed by atoms with Gasteiger partial charge in [-0.15, -0.1) is 0 Å². The van der Waals surface area contributed by atoms with Gasteiger partial charge in [-0.3, -0.25) is 4.79 Å². The molecule has 120 valence electrons. The highest BCUT2D eigenvalue weighted by Crippen LogP contribution is 2.39. The number of para-hydroxylation sites is 1. The average molecular weight is 302 g/mol. The fraction of sp³-hybridized carbons (Fsp3) is 0.611. The number of carbonyl (C=O) groups excluding carboxylic acids is 1. The summed E-state index contributed by atoms with van der Waals surface area (Å²) in [5, 5.41) is 3.28. The Balaban J connectivity index is 1.75. The van der Waals surface area contributed by atoms with Gasteiger partial charge in [-0.05, 0) is 46.3 Å². The minimum Gasteiger partial charge on any atom is -0.487 e. The number of benzene rings is 1. The highest BCUT2D eigenvalue weighted by molar-refractivity contribution is 5.79. The molecule has 1 saturated heterocycles. The van der Waals surface area contributed by atoms with Gasteiger partial charge in [0.25, 0.3) is 0 Å². The van der Waals surface area contributed by atoms with Crippen LogP contribution < -0.4 is 10.1 Å². The molecule has 0 saturated carbocycles. The number of rotatable bonds is 2. The van der Waals surface area contributed by atoms with Crippen molar-refractivity contribution in [2.45, 2.75) is 44.8 Å². The normalized spacial score (nSPS) is 27.6. The predicted octanol–water partition coefficient (Wildman–Crippen LogP) is 2.75. The monoisotopic (exact) mass is 302 g/mol. The number of hydrogen-bond donors (Lipinski definition) is 1. The smallest absolute Gasteiger partial charge is 0.224 e. The van der Waals surface area contributed by atoms with Gasteiger partial charge < -0.3 is 15.0 Å². The Kier molecular flexibility index (Phi) is 4.13. The maximum atomic E-state index is 12.7. The van der Waals surface area contributed by atoms with Gasteiger partial charge in [0.1, 0.15) is 11.4 Å². The first-order chi connectivity index (χ1) is 10.4. The molecular weight excluding hydrogens is 276 g/mol. The van der Waals surface area contributed by atoms with Crippen LogP contribution in [0.5, 0.6) is 5.75 Å². The molecule has 2 aliphatic heterocycles. The van der Waals surface area contributed by atoms with Crippen LogP contribution >= 0.6 is 0 Å². The maximum absolute atomic E-state index is 12.7. The molecule has 0 bridgehead atoms. The molecule has 1 aromatic carbocycles. The van der Waals surface area contributed by atoms with E-state index >= 15 is 0 Å². The van der Waals surface area contributed by atoms with E-state index in [4.69, 9.17) is 4.74 Å². The molecule has 2 atom stereocenters. The quantitative estimate of drug-likeness (QED) is 0.913. The molecule has 0 aromatic heterocycles. The van der Waals surface area contributed by atoms with Crippen LogP contribution in [0, 0.1) is 5.92 Å². The molecule has 0 radical (unpaired) electrons. The lowest BCUT2D eigenvalue weighted by molar-refractivity contribution is -0.127. The van der Waals surface area contributed by atoms with Crippen LogP contribution in [0.1, 0.15) is 44.7 Å². The number of likely N-dealkylation sites (tertiary alicyclic amines) is 1. The Morgan fingerprint density at radius 1 is 1.36 bits per heavy atom. The first-order valence-electron chi connectivity index (χ1n) is 8.21. The lowest BCUT2D eigenvalue weighted by Crippen LogP contribution is -2.46. The Bertz CT molecular complexity index is 556. The second kappa shape index (κ2) is 5.92. The summed E-state index contributed by atoms with van der Waals surface area (Å²) in [5.74, 6) is 1.19. The van der Waals surface area contributed by atoms with Crippen molar-refractivity contribution in [2.24, 2.45) is 5.92 Å². The van der Waals surface area contributed by atoms with Crippen molar-refractivity contribution in [3.63, 3.8) is 0 Å². The van der Waals surface area contributed by atoms with Crippen LogP contribution in [0.4, 0.5) is 0 Å². The van der Waals surface area contributed by atoms with Gasteiger partial charge in [-0.2, -0.15) is 0 Å². The largest absolute Gasteiger partial charge is 0.487 e. The van der Waals surface area contributed by atoms with Crippen molar-refractivity contribution >= 4 is 5.91 Å². The van der Waals surface area contributed by atoms with Crippen molar-refractivity contribution in [3.05, 3.63) is 29.8 Å². The molecule has 1 amide bonds. The van der Waals surface area contributed by atoms with Crippen molar-refractivity contribution in [1.82, 2.24) is 10.2 Å². The summed E-state index contributed by atoms with van der Waals surface area (Å²) in [4.78, 5) is 14.9. The molecular formula is C18H26N2O2. The zero-order chi connectivity index (χ0) is 15.7. The molecule has 4 heteroatoms. The van der Waals surface area contributed by atoms with Crippen molar-refractivity contribution in [3.8, 4) is 5.75 Å². The number of hydrogen-bond acceptors (Lipinski definition) is 3. The average Bonchev–Trinajstić information content (AvgIpc) is 2.46. The van der Waals surface area contributed by atoms with Crippen molar-refractivity contribution in [2.75, 3.05) is 20.1 Å². The van der Waals surface area contributed by atoms with Gasteiger partial charge >= 0.3 is 0 Å². The second-order valence-electron chi connectivity index (χ2n) is 7.27. The summed E-state index contributed by atoms with van der Waals surface area (Å²) in [7, 11) is 2.09. The van der Waals surface area contributed by atoms with Crippen LogP contribution in [0.2, 0.25) is 0 Å². The Morgan fingerprint density at radius 2 is 2.14 bits per heavy atom. The Labute approximate surface area is 132 Å². The number of nitrogens with one attached hydrogen (secondary N) is 1. The summed E-state index contributed by atoms with van der Waals surface area (Å²) in [6, 6.07) is 8.08. The lowest BCUT2D eigenvalue weighted by Gasteiger charge is -2.39. The molecule has 2 heterocycles. The molecule has 3 rings (SSSR count). The molecule has 2 aliphatic rings. The van der Waals surface area contributed by atoms with Gasteiger partial charge in [0.05, 0.1) is 12.0 Å². The van der Waals surface area contributed by atoms with Crippen LogP contribution in [-0.2, 0) is 4.79 Å². The third-order valence-corrected chi connectivity index (χ3v) is 4.69. The number of fused-ring (bicyclic) bond motifs is 1. The SMILES string of the molecule is CN1CCC[C@@H](C(=O)N[C@@H]2CC(C)(C)Oc3ccccc32)C1. The second-order valence-corrected chi connectivity index (χ2v) is 7.27. The molecule has 0 spiro atoms. The van der Waals surface area contributed by atoms with Crippen LogP contribution in [0.25, 0.3) is 0 Å². The van der Waals surface area contributed by atoms with Gasteiger partial charge in [-0.25, -0.2) is 0 Å². The Hall–Kier alpha value is -1.55. The first kappa shape index (κ1) is 15.3. The number of piperidine rings is 1. The van der Waals surface area contributed by atoms with Crippen LogP contribution in [-0.4, -0.2) is 36.5 Å². The highest BCUT2D eigenvalue weighted by Gasteiger charge is 2.35. The first-order valence-corrected chi connectivity index (χ1v) is 8.21. The van der Waals surface area contributed by atoms with E-state index in [1.54, 1.807) is 0 Å². The van der Waals surface area contributed by atoms with E-state index in [2.05, 4.69) is 37.2 Å². The maximum Gasteiger partial charge on any atom is 0.224 e. The summed E-state index contributed by atoms with van der Waals surface area (Å²) >= 11 is 0. The summed E-state index contributed by atoms with van der Waals surface area (Å²) in [6.07, 6.45) is 2.90. The fourth-order valence-corrected chi connectivity index (χ4v) is 3.60. The Morgan fingerprint density at radius 3 is 2.91 bits per heavy atom. The summed E-state index contributed by atoms with van der Waals surface area (Å²) < 4.78 is 6.03. The van der Waals surface area contributed by atoms with Crippen molar-refractivity contribution in [1.29, 1.82) is 0 Å². The third kappa shape index (κ3) is 3.27. The number of ether oxygens (including phenoxy) is 1. The van der Waals surface area contributed by atoms with Gasteiger partial charge in [0, 0.05) is 18.5 Å². The zero-order valence-corrected chi connectivity index (χ0v) is 13.8. The molecule has 0 unspecified atom stereocenters. The molecule has 1 aromatic rings. The van der Waals surface area contributed by atoms with E-state index in [-0.39, 0.29) is 23.5 Å². The van der Waals surface area contributed by atoms with Crippen LogP contribution in [0.15, 0.2) is 24.3 Å². The third-order valence-electron chi connectivity index (χ3n) is 4.69. The van der Waals surface area contributed by atoms with E-state index in [9.17, 15) is 4.79 Å². The van der Waals surface area contributed by atoms with Gasteiger partial charge in [0.2, 0.25) is 5.91 Å². The van der Waals surface area contributed by atoms with E-state index < -0.39 is 0 Å². The molecule has 1 N–H and O–H groups in total. The number of amides is 1. The lowest BCUT2D eigenvalue weighted by atomic mass is 9.88. The molecule has 1 fully saturated rings. The van der Waals surface area contributed by atoms with E-state index in [0.717, 1.165) is 43.7 Å². The van der Waals surface area contributed by atoms with E-state index in [1.807, 2.05) is 18.2 Å². The van der Waals surface area contributed by atoms with Gasteiger partial charge in [-0.1, -0.05) is 18.2 Å². The van der Waals surface area contributed by atoms with Crippen molar-refractivity contribution < 1.29 is 9.53 Å². The topological polar surface area (TPSA) is 41.6 Å². The number of nitrogens with zero attached hydrogens (tertiary/aromatic N) is 1. The number of carbonyl (C=O) groups is 1. The minimum atomic E-state index is -0.254.